The Morgan fingerprint density at radius 2 is 2.31 bits per heavy atom. The van der Waals surface area contributed by atoms with Crippen molar-refractivity contribution < 1.29 is 15.0 Å². The van der Waals surface area contributed by atoms with E-state index in [0.717, 1.165) is 6.42 Å². The summed E-state index contributed by atoms with van der Waals surface area (Å²) in [5, 5.41) is 19.4. The molecule has 3 nitrogen and oxygen atoms in total. The number of Topliss-reactive ketones (excluding diaryl/α,β-unsaturated/α-hetero) is 1. The molecule has 0 aromatic heterocycles. The van der Waals surface area contributed by atoms with Gasteiger partial charge in [0.1, 0.15) is 11.9 Å². The van der Waals surface area contributed by atoms with Crippen LogP contribution in [0, 0.1) is 29.6 Å². The molecule has 88 valence electrons. The molecular weight excluding hydrogens is 204 g/mol. The molecule has 0 aromatic carbocycles. The molecule has 2 fully saturated rings. The van der Waals surface area contributed by atoms with Gasteiger partial charge in [-0.2, -0.15) is 0 Å². The molecule has 0 spiro atoms. The molecule has 0 aliphatic heterocycles. The van der Waals surface area contributed by atoms with Crippen LogP contribution in [-0.4, -0.2) is 28.2 Å². The van der Waals surface area contributed by atoms with Crippen LogP contribution in [0.5, 0.6) is 0 Å². The molecule has 2 aliphatic rings. The average molecular weight is 222 g/mol. The zero-order chi connectivity index (χ0) is 11.7. The molecule has 5 unspecified atom stereocenters. The minimum Gasteiger partial charge on any atom is -0.392 e. The third kappa shape index (κ3) is 2.00. The molecule has 0 amide bonds. The van der Waals surface area contributed by atoms with Crippen molar-refractivity contribution in [3.05, 3.63) is 0 Å². The standard InChI is InChI=1S/C13H18O3/c1-2-3-9(14)5-4-8-6-10-11(13(8)16)7-12(10)15/h8-11,13-14,16H,2-3,6-7H2,1H3. The second kappa shape index (κ2) is 4.57. The second-order valence-electron chi connectivity index (χ2n) is 4.87. The van der Waals surface area contributed by atoms with Gasteiger partial charge in [-0.1, -0.05) is 25.2 Å². The van der Waals surface area contributed by atoms with Gasteiger partial charge in [-0.05, 0) is 12.8 Å². The number of rotatable bonds is 2. The van der Waals surface area contributed by atoms with Crippen LogP contribution >= 0.6 is 0 Å². The number of aliphatic hydroxyl groups is 2. The Morgan fingerprint density at radius 1 is 1.56 bits per heavy atom. The SMILES string of the molecule is CCCC(O)C#CC1CC2C(=O)CC2C1O. The van der Waals surface area contributed by atoms with E-state index in [1.165, 1.54) is 0 Å². The first-order valence-corrected chi connectivity index (χ1v) is 6.03. The van der Waals surface area contributed by atoms with E-state index in [2.05, 4.69) is 11.8 Å². The summed E-state index contributed by atoms with van der Waals surface area (Å²) in [4.78, 5) is 11.2. The number of carbonyl (C=O) groups excluding carboxylic acids is 1. The van der Waals surface area contributed by atoms with Crippen molar-refractivity contribution in [3.63, 3.8) is 0 Å². The molecule has 5 atom stereocenters. The summed E-state index contributed by atoms with van der Waals surface area (Å²) in [6, 6.07) is 0. The van der Waals surface area contributed by atoms with Crippen molar-refractivity contribution in [3.8, 4) is 11.8 Å². The Labute approximate surface area is 95.9 Å². The van der Waals surface area contributed by atoms with Gasteiger partial charge >= 0.3 is 0 Å². The lowest BCUT2D eigenvalue weighted by atomic mass is 9.74. The first-order chi connectivity index (χ1) is 7.63. The fourth-order valence-electron chi connectivity index (χ4n) is 2.67. The lowest BCUT2D eigenvalue weighted by Gasteiger charge is -2.29. The maximum Gasteiger partial charge on any atom is 0.136 e. The van der Waals surface area contributed by atoms with Crippen LogP contribution in [-0.2, 0) is 4.79 Å². The number of hydrogen-bond acceptors (Lipinski definition) is 3. The molecule has 0 heterocycles. The zero-order valence-electron chi connectivity index (χ0n) is 9.52. The molecule has 2 N–H and O–H groups in total. The molecule has 3 heteroatoms. The molecule has 0 saturated heterocycles. The van der Waals surface area contributed by atoms with Crippen LogP contribution in [0.15, 0.2) is 0 Å². The topological polar surface area (TPSA) is 57.5 Å². The van der Waals surface area contributed by atoms with Crippen molar-refractivity contribution in [2.24, 2.45) is 17.8 Å². The number of aliphatic hydroxyl groups excluding tert-OH is 2. The van der Waals surface area contributed by atoms with E-state index in [9.17, 15) is 15.0 Å². The zero-order valence-corrected chi connectivity index (χ0v) is 9.52. The highest BCUT2D eigenvalue weighted by molar-refractivity contribution is 5.88. The van der Waals surface area contributed by atoms with Crippen LogP contribution in [0.3, 0.4) is 0 Å². The van der Waals surface area contributed by atoms with Gasteiger partial charge in [0.05, 0.1) is 6.10 Å². The molecule has 0 bridgehead atoms. The predicted molar refractivity (Wildman–Crippen MR) is 59.4 cm³/mol. The highest BCUT2D eigenvalue weighted by atomic mass is 16.3. The third-order valence-electron chi connectivity index (χ3n) is 3.72. The highest BCUT2D eigenvalue weighted by Crippen LogP contribution is 2.47. The summed E-state index contributed by atoms with van der Waals surface area (Å²) >= 11 is 0. The summed E-state index contributed by atoms with van der Waals surface area (Å²) in [6.45, 7) is 1.99. The van der Waals surface area contributed by atoms with E-state index in [-0.39, 0.29) is 23.5 Å². The van der Waals surface area contributed by atoms with Gasteiger partial charge in [0.2, 0.25) is 0 Å². The van der Waals surface area contributed by atoms with Crippen LogP contribution in [0.25, 0.3) is 0 Å². The van der Waals surface area contributed by atoms with Crippen molar-refractivity contribution in [2.45, 2.75) is 44.8 Å². The van der Waals surface area contributed by atoms with Crippen LogP contribution < -0.4 is 0 Å². The Balaban J connectivity index is 1.94. The first kappa shape index (κ1) is 11.6. The Bertz CT molecular complexity index is 339. The van der Waals surface area contributed by atoms with E-state index in [4.69, 9.17) is 0 Å². The van der Waals surface area contributed by atoms with E-state index in [0.29, 0.717) is 19.3 Å². The van der Waals surface area contributed by atoms with Gasteiger partial charge < -0.3 is 10.2 Å². The molecule has 0 aromatic rings. The van der Waals surface area contributed by atoms with Gasteiger partial charge in [-0.3, -0.25) is 4.79 Å². The second-order valence-corrected chi connectivity index (χ2v) is 4.87. The van der Waals surface area contributed by atoms with E-state index in [1.54, 1.807) is 0 Å². The summed E-state index contributed by atoms with van der Waals surface area (Å²) in [5.74, 6) is 6.03. The summed E-state index contributed by atoms with van der Waals surface area (Å²) in [6.07, 6.45) is 1.70. The molecule has 2 saturated carbocycles. The van der Waals surface area contributed by atoms with Crippen molar-refractivity contribution in [2.75, 3.05) is 0 Å². The Kier molecular flexibility index (Phi) is 3.32. The van der Waals surface area contributed by atoms with Crippen LogP contribution in [0.2, 0.25) is 0 Å². The van der Waals surface area contributed by atoms with Gasteiger partial charge in [-0.15, -0.1) is 0 Å². The lowest BCUT2D eigenvalue weighted by Crippen LogP contribution is -2.38. The predicted octanol–water partition coefficient (Wildman–Crippen LogP) is 0.737. The highest BCUT2D eigenvalue weighted by Gasteiger charge is 2.52. The Hall–Kier alpha value is -0.850. The largest absolute Gasteiger partial charge is 0.392 e. The fourth-order valence-corrected chi connectivity index (χ4v) is 2.67. The lowest BCUT2D eigenvalue weighted by molar-refractivity contribution is -0.135. The number of fused-ring (bicyclic) bond motifs is 1. The first-order valence-electron chi connectivity index (χ1n) is 6.03. The summed E-state index contributed by atoms with van der Waals surface area (Å²) in [5.41, 5.74) is 0. The normalized spacial score (nSPS) is 38.3. The van der Waals surface area contributed by atoms with E-state index >= 15 is 0 Å². The number of hydrogen-bond donors (Lipinski definition) is 2. The maximum atomic E-state index is 11.2. The number of ketones is 1. The third-order valence-corrected chi connectivity index (χ3v) is 3.72. The quantitative estimate of drug-likeness (QED) is 0.677. The minimum absolute atomic E-state index is 0.0395. The van der Waals surface area contributed by atoms with Crippen molar-refractivity contribution in [1.29, 1.82) is 0 Å². The van der Waals surface area contributed by atoms with Crippen molar-refractivity contribution in [1.82, 2.24) is 0 Å². The molecule has 0 radical (unpaired) electrons. The molecule has 2 rings (SSSR count). The van der Waals surface area contributed by atoms with Gasteiger partial charge in [0, 0.05) is 24.2 Å². The molecule has 16 heavy (non-hydrogen) atoms. The maximum absolute atomic E-state index is 11.2. The monoisotopic (exact) mass is 222 g/mol. The van der Waals surface area contributed by atoms with Crippen LogP contribution in [0.1, 0.15) is 32.6 Å². The van der Waals surface area contributed by atoms with Crippen LogP contribution in [0.4, 0.5) is 0 Å². The fraction of sp³-hybridized carbons (Fsp3) is 0.769. The van der Waals surface area contributed by atoms with Gasteiger partial charge in [0.15, 0.2) is 0 Å². The number of carbonyl (C=O) groups is 1. The van der Waals surface area contributed by atoms with Gasteiger partial charge in [0.25, 0.3) is 0 Å². The minimum atomic E-state index is -0.592. The average Bonchev–Trinajstić information content (AvgIpc) is 2.49. The van der Waals surface area contributed by atoms with Gasteiger partial charge in [-0.25, -0.2) is 0 Å². The summed E-state index contributed by atoms with van der Waals surface area (Å²) in [7, 11) is 0. The van der Waals surface area contributed by atoms with E-state index < -0.39 is 12.2 Å². The summed E-state index contributed by atoms with van der Waals surface area (Å²) < 4.78 is 0. The van der Waals surface area contributed by atoms with Crippen molar-refractivity contribution >= 4 is 5.78 Å². The smallest absolute Gasteiger partial charge is 0.136 e. The van der Waals surface area contributed by atoms with E-state index in [1.807, 2.05) is 6.92 Å². The molecular formula is C13H18O3. The molecule has 2 aliphatic carbocycles. The Morgan fingerprint density at radius 3 is 2.88 bits per heavy atom.